The Bertz CT molecular complexity index is 916. The van der Waals surface area contributed by atoms with Gasteiger partial charge in [0.25, 0.3) is 0 Å². The standard InChI is InChI=1S/C19H16BrCl2N3/c20-13-5-3-4-12(8-13)18-17-6-1-2-7-23-19(17)25(24-18)16-10-14(21)9-15(22)11-16/h3-5,8-11,23H,1-2,6-7H2. The average molecular weight is 437 g/mol. The molecular weight excluding hydrogens is 421 g/mol. The molecule has 25 heavy (non-hydrogen) atoms. The number of anilines is 1. The first kappa shape index (κ1) is 17.0. The summed E-state index contributed by atoms with van der Waals surface area (Å²) in [5, 5.41) is 9.65. The van der Waals surface area contributed by atoms with Crippen molar-refractivity contribution in [2.75, 3.05) is 11.9 Å². The summed E-state index contributed by atoms with van der Waals surface area (Å²) in [6.45, 7) is 0.935. The van der Waals surface area contributed by atoms with Gasteiger partial charge < -0.3 is 5.32 Å². The lowest BCUT2D eigenvalue weighted by atomic mass is 10.0. The van der Waals surface area contributed by atoms with Gasteiger partial charge in [-0.3, -0.25) is 0 Å². The maximum absolute atomic E-state index is 6.21. The van der Waals surface area contributed by atoms with Crippen LogP contribution in [0.5, 0.6) is 0 Å². The second-order valence-corrected chi connectivity index (χ2v) is 7.90. The number of nitrogens with one attached hydrogen (secondary N) is 1. The number of benzene rings is 2. The zero-order valence-electron chi connectivity index (χ0n) is 13.4. The molecule has 0 saturated carbocycles. The van der Waals surface area contributed by atoms with Crippen LogP contribution in [0.1, 0.15) is 18.4 Å². The average Bonchev–Trinajstić information content (AvgIpc) is 2.76. The van der Waals surface area contributed by atoms with Crippen LogP contribution in [0.4, 0.5) is 5.82 Å². The second kappa shape index (κ2) is 7.02. The first-order valence-corrected chi connectivity index (χ1v) is 9.75. The summed E-state index contributed by atoms with van der Waals surface area (Å²) in [6.07, 6.45) is 3.28. The Morgan fingerprint density at radius 2 is 1.84 bits per heavy atom. The Morgan fingerprint density at radius 1 is 1.04 bits per heavy atom. The molecule has 0 unspecified atom stereocenters. The van der Waals surface area contributed by atoms with E-state index in [2.05, 4.69) is 33.4 Å². The smallest absolute Gasteiger partial charge is 0.133 e. The number of nitrogens with zero attached hydrogens (tertiary/aromatic N) is 2. The van der Waals surface area contributed by atoms with E-state index < -0.39 is 0 Å². The molecule has 2 heterocycles. The van der Waals surface area contributed by atoms with Crippen LogP contribution in [0.2, 0.25) is 10.0 Å². The summed E-state index contributed by atoms with van der Waals surface area (Å²) in [5.74, 6) is 1.03. The highest BCUT2D eigenvalue weighted by Crippen LogP contribution is 2.35. The topological polar surface area (TPSA) is 29.9 Å². The van der Waals surface area contributed by atoms with E-state index >= 15 is 0 Å². The predicted molar refractivity (Wildman–Crippen MR) is 108 cm³/mol. The maximum Gasteiger partial charge on any atom is 0.133 e. The third-order valence-corrected chi connectivity index (χ3v) is 5.25. The summed E-state index contributed by atoms with van der Waals surface area (Å²) in [4.78, 5) is 0. The Hall–Kier alpha value is -1.49. The van der Waals surface area contributed by atoms with E-state index in [0.29, 0.717) is 10.0 Å². The first-order valence-electron chi connectivity index (χ1n) is 8.20. The lowest BCUT2D eigenvalue weighted by Gasteiger charge is -2.10. The predicted octanol–water partition coefficient (Wildman–Crippen LogP) is 6.36. The Morgan fingerprint density at radius 3 is 2.60 bits per heavy atom. The van der Waals surface area contributed by atoms with Crippen molar-refractivity contribution in [2.45, 2.75) is 19.3 Å². The van der Waals surface area contributed by atoms with Gasteiger partial charge in [-0.05, 0) is 49.6 Å². The fraction of sp³-hybridized carbons (Fsp3) is 0.211. The minimum atomic E-state index is 0.601. The van der Waals surface area contributed by atoms with Gasteiger partial charge in [0.2, 0.25) is 0 Å². The molecule has 0 radical (unpaired) electrons. The van der Waals surface area contributed by atoms with Crippen molar-refractivity contribution >= 4 is 44.9 Å². The number of aromatic nitrogens is 2. The van der Waals surface area contributed by atoms with Crippen molar-refractivity contribution in [2.24, 2.45) is 0 Å². The summed E-state index contributed by atoms with van der Waals surface area (Å²) in [6, 6.07) is 13.8. The number of halogens is 3. The molecule has 6 heteroatoms. The normalized spacial score (nSPS) is 13.9. The summed E-state index contributed by atoms with van der Waals surface area (Å²) in [5.41, 5.74) is 4.21. The van der Waals surface area contributed by atoms with Gasteiger partial charge in [-0.2, -0.15) is 5.10 Å². The zero-order valence-corrected chi connectivity index (χ0v) is 16.5. The van der Waals surface area contributed by atoms with Crippen molar-refractivity contribution in [3.05, 3.63) is 62.5 Å². The van der Waals surface area contributed by atoms with Gasteiger partial charge in [-0.25, -0.2) is 4.68 Å². The summed E-state index contributed by atoms with van der Waals surface area (Å²) < 4.78 is 2.97. The highest BCUT2D eigenvalue weighted by Gasteiger charge is 2.22. The molecule has 3 nitrogen and oxygen atoms in total. The molecule has 0 aliphatic carbocycles. The van der Waals surface area contributed by atoms with E-state index in [1.165, 1.54) is 5.56 Å². The van der Waals surface area contributed by atoms with Crippen LogP contribution >= 0.6 is 39.1 Å². The lowest BCUT2D eigenvalue weighted by Crippen LogP contribution is -2.07. The largest absolute Gasteiger partial charge is 0.370 e. The molecule has 2 aromatic carbocycles. The molecular formula is C19H16BrCl2N3. The van der Waals surface area contributed by atoms with Gasteiger partial charge >= 0.3 is 0 Å². The van der Waals surface area contributed by atoms with E-state index in [1.807, 2.05) is 28.9 Å². The van der Waals surface area contributed by atoms with Crippen LogP contribution in [0.25, 0.3) is 16.9 Å². The van der Waals surface area contributed by atoms with E-state index in [-0.39, 0.29) is 0 Å². The molecule has 0 atom stereocenters. The number of hydrogen-bond donors (Lipinski definition) is 1. The fourth-order valence-electron chi connectivity index (χ4n) is 3.22. The molecule has 1 aliphatic heterocycles. The molecule has 1 N–H and O–H groups in total. The van der Waals surface area contributed by atoms with Gasteiger partial charge in [-0.1, -0.05) is 51.3 Å². The molecule has 128 valence electrons. The Kier molecular flexibility index (Phi) is 4.76. The van der Waals surface area contributed by atoms with E-state index in [0.717, 1.165) is 53.0 Å². The molecule has 0 bridgehead atoms. The monoisotopic (exact) mass is 435 g/mol. The van der Waals surface area contributed by atoms with Gasteiger partial charge in [0.1, 0.15) is 5.82 Å². The van der Waals surface area contributed by atoms with Crippen LogP contribution in [0.15, 0.2) is 46.9 Å². The van der Waals surface area contributed by atoms with Crippen molar-refractivity contribution in [3.63, 3.8) is 0 Å². The van der Waals surface area contributed by atoms with Gasteiger partial charge in [0.05, 0.1) is 11.4 Å². The Labute approximate surface area is 165 Å². The van der Waals surface area contributed by atoms with Crippen molar-refractivity contribution in [1.29, 1.82) is 0 Å². The molecule has 3 aromatic rings. The Balaban J connectivity index is 1.93. The van der Waals surface area contributed by atoms with Crippen LogP contribution in [0.3, 0.4) is 0 Å². The van der Waals surface area contributed by atoms with Gasteiger partial charge in [-0.15, -0.1) is 0 Å². The molecule has 0 fully saturated rings. The molecule has 1 aliphatic rings. The second-order valence-electron chi connectivity index (χ2n) is 6.11. The fourth-order valence-corrected chi connectivity index (χ4v) is 4.13. The van der Waals surface area contributed by atoms with Crippen LogP contribution < -0.4 is 5.32 Å². The number of rotatable bonds is 2. The van der Waals surface area contributed by atoms with Gasteiger partial charge in [0.15, 0.2) is 0 Å². The zero-order chi connectivity index (χ0) is 17.4. The number of fused-ring (bicyclic) bond motifs is 1. The summed E-state index contributed by atoms with van der Waals surface area (Å²) >= 11 is 16.0. The van der Waals surface area contributed by atoms with Crippen molar-refractivity contribution in [1.82, 2.24) is 9.78 Å². The molecule has 4 rings (SSSR count). The molecule has 0 amide bonds. The van der Waals surface area contributed by atoms with Crippen molar-refractivity contribution < 1.29 is 0 Å². The highest BCUT2D eigenvalue weighted by molar-refractivity contribution is 9.10. The van der Waals surface area contributed by atoms with Crippen molar-refractivity contribution in [3.8, 4) is 16.9 Å². The van der Waals surface area contributed by atoms with Crippen LogP contribution in [-0.2, 0) is 6.42 Å². The molecule has 0 spiro atoms. The molecule has 0 saturated heterocycles. The van der Waals surface area contributed by atoms with Crippen LogP contribution in [0, 0.1) is 0 Å². The van der Waals surface area contributed by atoms with E-state index in [9.17, 15) is 0 Å². The third kappa shape index (κ3) is 3.43. The highest BCUT2D eigenvalue weighted by atomic mass is 79.9. The summed E-state index contributed by atoms with van der Waals surface area (Å²) in [7, 11) is 0. The first-order chi connectivity index (χ1) is 12.1. The minimum absolute atomic E-state index is 0.601. The SMILES string of the molecule is Clc1cc(Cl)cc(-n2nc(-c3cccc(Br)c3)c3c2NCCCC3)c1. The molecule has 1 aromatic heterocycles. The quantitative estimate of drug-likeness (QED) is 0.506. The van der Waals surface area contributed by atoms with Gasteiger partial charge in [0, 0.05) is 32.2 Å². The maximum atomic E-state index is 6.21. The lowest BCUT2D eigenvalue weighted by molar-refractivity contribution is 0.780. The third-order valence-electron chi connectivity index (χ3n) is 4.32. The van der Waals surface area contributed by atoms with E-state index in [1.54, 1.807) is 6.07 Å². The van der Waals surface area contributed by atoms with Crippen LogP contribution in [-0.4, -0.2) is 16.3 Å². The number of hydrogen-bond acceptors (Lipinski definition) is 2. The minimum Gasteiger partial charge on any atom is -0.370 e. The van der Waals surface area contributed by atoms with E-state index in [4.69, 9.17) is 28.3 Å².